The van der Waals surface area contributed by atoms with Crippen molar-refractivity contribution in [2.75, 3.05) is 7.11 Å². The van der Waals surface area contributed by atoms with Gasteiger partial charge in [0.15, 0.2) is 5.78 Å². The quantitative estimate of drug-likeness (QED) is 0.530. The Morgan fingerprint density at radius 1 is 1.03 bits per heavy atom. The highest BCUT2D eigenvalue weighted by Crippen LogP contribution is 2.47. The number of para-hydroxylation sites is 1. The first kappa shape index (κ1) is 22.9. The molecule has 2 unspecified atom stereocenters. The van der Waals surface area contributed by atoms with Crippen LogP contribution >= 0.6 is 11.8 Å². The van der Waals surface area contributed by atoms with Gasteiger partial charge in [-0.3, -0.25) is 14.4 Å². The van der Waals surface area contributed by atoms with Crippen molar-refractivity contribution >= 4 is 34.4 Å². The van der Waals surface area contributed by atoms with Crippen LogP contribution in [-0.2, 0) is 16.1 Å². The number of amides is 1. The summed E-state index contributed by atoms with van der Waals surface area (Å²) < 4.78 is 7.28. The van der Waals surface area contributed by atoms with E-state index in [4.69, 9.17) is 4.74 Å². The molecule has 2 aliphatic rings. The molecule has 5 rings (SSSR count). The molecule has 0 bridgehead atoms. The Labute approximate surface area is 202 Å². The van der Waals surface area contributed by atoms with Gasteiger partial charge in [0.05, 0.1) is 17.6 Å². The van der Waals surface area contributed by atoms with E-state index in [1.807, 2.05) is 42.5 Å². The maximum Gasteiger partial charge on any atom is 0.258 e. The van der Waals surface area contributed by atoms with Crippen molar-refractivity contribution in [3.63, 3.8) is 0 Å². The Kier molecular flexibility index (Phi) is 6.57. The molecule has 1 fully saturated rings. The predicted molar refractivity (Wildman–Crippen MR) is 133 cm³/mol. The molecule has 34 heavy (non-hydrogen) atoms. The topological polar surface area (TPSA) is 77.4 Å². The molecule has 2 aromatic carbocycles. The van der Waals surface area contributed by atoms with Crippen LogP contribution in [0.1, 0.15) is 54.1 Å². The molecular weight excluding hydrogens is 448 g/mol. The van der Waals surface area contributed by atoms with E-state index in [2.05, 4.69) is 5.32 Å². The maximum atomic E-state index is 13.8. The van der Waals surface area contributed by atoms with Crippen LogP contribution in [0.3, 0.4) is 0 Å². The summed E-state index contributed by atoms with van der Waals surface area (Å²) in [7, 11) is 1.54. The average Bonchev–Trinajstić information content (AvgIpc) is 3.28. The number of ketones is 1. The number of pyridine rings is 1. The van der Waals surface area contributed by atoms with Gasteiger partial charge in [-0.1, -0.05) is 67.8 Å². The number of fused-ring (bicyclic) bond motifs is 3. The highest BCUT2D eigenvalue weighted by molar-refractivity contribution is 8.01. The van der Waals surface area contributed by atoms with Gasteiger partial charge in [-0.15, -0.1) is 11.8 Å². The third-order valence-corrected chi connectivity index (χ3v) is 8.22. The average molecular weight is 477 g/mol. The predicted octanol–water partition coefficient (Wildman–Crippen LogP) is 4.50. The number of methoxy groups -OCH3 is 1. The summed E-state index contributed by atoms with van der Waals surface area (Å²) in [6, 6.07) is 16.7. The number of carbonyl (C=O) groups excluding carboxylic acids is 2. The number of carbonyl (C=O) groups is 2. The number of thioether (sulfide) groups is 1. The molecule has 1 aromatic heterocycles. The fourth-order valence-corrected chi connectivity index (χ4v) is 6.52. The van der Waals surface area contributed by atoms with Crippen molar-refractivity contribution < 1.29 is 14.3 Å². The number of hydrogen-bond donors (Lipinski definition) is 1. The summed E-state index contributed by atoms with van der Waals surface area (Å²) >= 11 is 1.40. The minimum Gasteiger partial charge on any atom is -0.375 e. The molecule has 7 heteroatoms. The van der Waals surface area contributed by atoms with Crippen molar-refractivity contribution in [1.29, 1.82) is 0 Å². The number of aromatic nitrogens is 1. The Morgan fingerprint density at radius 3 is 2.47 bits per heavy atom. The molecule has 3 aromatic rings. The van der Waals surface area contributed by atoms with Gasteiger partial charge in [0.25, 0.3) is 5.56 Å². The summed E-state index contributed by atoms with van der Waals surface area (Å²) in [4.78, 5) is 40.8. The van der Waals surface area contributed by atoms with Crippen molar-refractivity contribution in [3.05, 3.63) is 76.1 Å². The monoisotopic (exact) mass is 476 g/mol. The molecule has 1 aliphatic carbocycles. The zero-order valence-corrected chi connectivity index (χ0v) is 20.0. The lowest BCUT2D eigenvalue weighted by atomic mass is 9.95. The van der Waals surface area contributed by atoms with Crippen LogP contribution in [0.15, 0.2) is 64.3 Å². The van der Waals surface area contributed by atoms with Crippen LogP contribution in [0.25, 0.3) is 10.9 Å². The van der Waals surface area contributed by atoms with Crippen LogP contribution < -0.4 is 10.9 Å². The normalized spacial score (nSPS) is 20.3. The van der Waals surface area contributed by atoms with Crippen molar-refractivity contribution in [1.82, 2.24) is 9.88 Å². The molecule has 176 valence electrons. The summed E-state index contributed by atoms with van der Waals surface area (Å²) in [5.74, 6) is -0.227. The van der Waals surface area contributed by atoms with Crippen LogP contribution in [0.5, 0.6) is 0 Å². The van der Waals surface area contributed by atoms with Gasteiger partial charge in [0.1, 0.15) is 11.4 Å². The third kappa shape index (κ3) is 4.18. The highest BCUT2D eigenvalue weighted by atomic mass is 32.2. The van der Waals surface area contributed by atoms with Crippen molar-refractivity contribution in [2.24, 2.45) is 0 Å². The summed E-state index contributed by atoms with van der Waals surface area (Å²) in [6.07, 6.45) is 4.78. The number of nitrogens with one attached hydrogen (secondary N) is 1. The SMILES string of the molecule is COC1c2c(c3ccccc3n(CC(=O)c3ccccc3)c2=O)SC1C(=O)NC1CCCCC1. The summed E-state index contributed by atoms with van der Waals surface area (Å²) in [5, 5.41) is 3.51. The van der Waals surface area contributed by atoms with E-state index in [1.54, 1.807) is 12.1 Å². The molecular formula is C27H28N2O4S. The van der Waals surface area contributed by atoms with Crippen LogP contribution in [-0.4, -0.2) is 34.7 Å². The molecule has 0 spiro atoms. The lowest BCUT2D eigenvalue weighted by Crippen LogP contribution is -2.43. The summed E-state index contributed by atoms with van der Waals surface area (Å²) in [6.45, 7) is -0.0727. The fraction of sp³-hybridized carbons (Fsp3) is 0.370. The number of hydrogen-bond acceptors (Lipinski definition) is 5. The minimum atomic E-state index is -0.668. The van der Waals surface area contributed by atoms with Gasteiger partial charge in [-0.25, -0.2) is 0 Å². The first-order valence-corrected chi connectivity index (χ1v) is 12.7. The molecule has 1 aliphatic heterocycles. The van der Waals surface area contributed by atoms with E-state index >= 15 is 0 Å². The zero-order chi connectivity index (χ0) is 23.7. The first-order valence-electron chi connectivity index (χ1n) is 11.8. The van der Waals surface area contributed by atoms with Gasteiger partial charge in [-0.2, -0.15) is 0 Å². The number of benzene rings is 2. The van der Waals surface area contributed by atoms with Gasteiger partial charge < -0.3 is 14.6 Å². The minimum absolute atomic E-state index is 0.0727. The van der Waals surface area contributed by atoms with E-state index in [-0.39, 0.29) is 29.8 Å². The molecule has 2 atom stereocenters. The van der Waals surface area contributed by atoms with Crippen molar-refractivity contribution in [3.8, 4) is 0 Å². The fourth-order valence-electron chi connectivity index (χ4n) is 5.09. The Hall–Kier alpha value is -2.90. The molecule has 0 saturated heterocycles. The largest absolute Gasteiger partial charge is 0.375 e. The molecule has 1 N–H and O–H groups in total. The molecule has 1 amide bonds. The molecule has 2 heterocycles. The van der Waals surface area contributed by atoms with Crippen LogP contribution in [0.4, 0.5) is 0 Å². The number of Topliss-reactive ketones (excluding diaryl/α,β-unsaturated/α-hetero) is 1. The Bertz CT molecular complexity index is 1280. The van der Waals surface area contributed by atoms with Crippen molar-refractivity contribution in [2.45, 2.75) is 60.9 Å². The van der Waals surface area contributed by atoms with Gasteiger partial charge in [-0.05, 0) is 18.9 Å². The zero-order valence-electron chi connectivity index (χ0n) is 19.2. The van der Waals surface area contributed by atoms with Gasteiger partial charge >= 0.3 is 0 Å². The van der Waals surface area contributed by atoms with E-state index in [1.165, 1.54) is 29.9 Å². The second-order valence-electron chi connectivity index (χ2n) is 8.98. The second kappa shape index (κ2) is 9.76. The number of ether oxygens (including phenoxy) is 1. The maximum absolute atomic E-state index is 13.8. The Morgan fingerprint density at radius 2 is 1.74 bits per heavy atom. The smallest absolute Gasteiger partial charge is 0.258 e. The van der Waals surface area contributed by atoms with E-state index in [0.717, 1.165) is 36.0 Å². The van der Waals surface area contributed by atoms with Gasteiger partial charge in [0, 0.05) is 29.0 Å². The first-order chi connectivity index (χ1) is 16.6. The lowest BCUT2D eigenvalue weighted by Gasteiger charge is -2.25. The van der Waals surface area contributed by atoms with E-state index in [0.29, 0.717) is 16.6 Å². The number of rotatable bonds is 6. The summed E-state index contributed by atoms with van der Waals surface area (Å²) in [5.41, 5.74) is 1.44. The number of nitrogens with zero attached hydrogens (tertiary/aromatic N) is 1. The Balaban J connectivity index is 1.53. The second-order valence-corrected chi connectivity index (χ2v) is 10.1. The third-order valence-electron chi connectivity index (χ3n) is 6.83. The van der Waals surface area contributed by atoms with Crippen LogP contribution in [0, 0.1) is 0 Å². The van der Waals surface area contributed by atoms with E-state index in [9.17, 15) is 14.4 Å². The standard InChI is InChI=1S/C27H28N2O4S/c1-33-23-22-24(34-25(23)26(31)28-18-12-6-3-7-13-18)19-14-8-9-15-20(19)29(27(22)32)16-21(30)17-10-4-2-5-11-17/h2,4-5,8-11,14-15,18,23,25H,3,6-7,12-13,16H2,1H3,(H,28,31). The van der Waals surface area contributed by atoms with E-state index < -0.39 is 11.4 Å². The lowest BCUT2D eigenvalue weighted by molar-refractivity contribution is -0.123. The molecule has 0 radical (unpaired) electrons. The van der Waals surface area contributed by atoms with Crippen LogP contribution in [0.2, 0.25) is 0 Å². The molecule has 1 saturated carbocycles. The molecule has 6 nitrogen and oxygen atoms in total. The van der Waals surface area contributed by atoms with Gasteiger partial charge in [0.2, 0.25) is 5.91 Å². The highest BCUT2D eigenvalue weighted by Gasteiger charge is 2.43.